The molecule has 0 amide bonds. The number of benzene rings is 1. The number of rotatable bonds is 5. The first-order chi connectivity index (χ1) is 8.40. The van der Waals surface area contributed by atoms with Gasteiger partial charge in [-0.2, -0.15) is 0 Å². The Labute approximate surface area is 113 Å². The summed E-state index contributed by atoms with van der Waals surface area (Å²) in [7, 11) is 0. The molecule has 0 aromatic heterocycles. The molecule has 2 rings (SSSR count). The molecular formula is C15H21BrO. The zero-order valence-corrected chi connectivity index (χ0v) is 11.9. The van der Waals surface area contributed by atoms with Gasteiger partial charge < -0.3 is 4.74 Å². The lowest BCUT2D eigenvalue weighted by Gasteiger charge is -2.24. The Morgan fingerprint density at radius 1 is 1.12 bits per heavy atom. The summed E-state index contributed by atoms with van der Waals surface area (Å²) in [6.07, 6.45) is 7.10. The number of halogens is 1. The number of hydrogen-bond donors (Lipinski definition) is 0. The molecule has 0 spiro atoms. The number of hydrogen-bond acceptors (Lipinski definition) is 1. The lowest BCUT2D eigenvalue weighted by molar-refractivity contribution is 0.0336. The van der Waals surface area contributed by atoms with Gasteiger partial charge in [0.15, 0.2) is 0 Å². The molecule has 1 aromatic carbocycles. The fraction of sp³-hybridized carbons (Fsp3) is 0.600. The Bertz CT molecular complexity index is 306. The van der Waals surface area contributed by atoms with Crippen molar-refractivity contribution < 1.29 is 4.74 Å². The normalized spacial score (nSPS) is 19.1. The average molecular weight is 297 g/mol. The minimum Gasteiger partial charge on any atom is -0.372 e. The molecule has 0 saturated heterocycles. The van der Waals surface area contributed by atoms with Gasteiger partial charge in [-0.25, -0.2) is 0 Å². The SMILES string of the molecule is BrCC(OCC1CCCCC1)c1ccccc1. The Hall–Kier alpha value is -0.340. The zero-order valence-electron chi connectivity index (χ0n) is 10.3. The van der Waals surface area contributed by atoms with Gasteiger partial charge in [0.05, 0.1) is 12.7 Å². The van der Waals surface area contributed by atoms with E-state index in [1.165, 1.54) is 37.7 Å². The van der Waals surface area contributed by atoms with Crippen LogP contribution in [-0.4, -0.2) is 11.9 Å². The highest BCUT2D eigenvalue weighted by molar-refractivity contribution is 9.09. The van der Waals surface area contributed by atoms with Gasteiger partial charge >= 0.3 is 0 Å². The van der Waals surface area contributed by atoms with Crippen molar-refractivity contribution in [1.82, 2.24) is 0 Å². The van der Waals surface area contributed by atoms with E-state index in [9.17, 15) is 0 Å². The van der Waals surface area contributed by atoms with E-state index < -0.39 is 0 Å². The van der Waals surface area contributed by atoms with Crippen LogP contribution in [-0.2, 0) is 4.74 Å². The summed E-state index contributed by atoms with van der Waals surface area (Å²) >= 11 is 3.55. The van der Waals surface area contributed by atoms with Gasteiger partial charge in [-0.1, -0.05) is 65.5 Å². The van der Waals surface area contributed by atoms with Crippen LogP contribution in [0, 0.1) is 5.92 Å². The maximum absolute atomic E-state index is 6.07. The number of ether oxygens (including phenoxy) is 1. The van der Waals surface area contributed by atoms with E-state index in [0.29, 0.717) is 0 Å². The topological polar surface area (TPSA) is 9.23 Å². The van der Waals surface area contributed by atoms with Crippen molar-refractivity contribution >= 4 is 15.9 Å². The first-order valence-corrected chi connectivity index (χ1v) is 7.75. The molecule has 1 aliphatic rings. The third-order valence-electron chi connectivity index (χ3n) is 3.57. The molecule has 1 nitrogen and oxygen atoms in total. The van der Waals surface area contributed by atoms with E-state index in [-0.39, 0.29) is 6.10 Å². The van der Waals surface area contributed by atoms with Crippen molar-refractivity contribution in [2.45, 2.75) is 38.2 Å². The van der Waals surface area contributed by atoms with Crippen LogP contribution in [0.2, 0.25) is 0 Å². The highest BCUT2D eigenvalue weighted by Crippen LogP contribution is 2.27. The Balaban J connectivity index is 1.83. The van der Waals surface area contributed by atoms with Gasteiger partial charge in [0.2, 0.25) is 0 Å². The van der Waals surface area contributed by atoms with Gasteiger partial charge in [-0.15, -0.1) is 0 Å². The van der Waals surface area contributed by atoms with Crippen LogP contribution in [0.3, 0.4) is 0 Å². The van der Waals surface area contributed by atoms with Gasteiger partial charge in [0.1, 0.15) is 0 Å². The predicted octanol–water partition coefficient (Wildman–Crippen LogP) is 4.72. The van der Waals surface area contributed by atoms with Crippen molar-refractivity contribution in [3.8, 4) is 0 Å². The molecule has 0 aliphatic heterocycles. The smallest absolute Gasteiger partial charge is 0.0921 e. The molecule has 0 N–H and O–H groups in total. The van der Waals surface area contributed by atoms with Crippen LogP contribution in [0.1, 0.15) is 43.8 Å². The molecule has 1 fully saturated rings. The second kappa shape index (κ2) is 7.17. The van der Waals surface area contributed by atoms with Crippen LogP contribution >= 0.6 is 15.9 Å². The lowest BCUT2D eigenvalue weighted by atomic mass is 9.90. The Morgan fingerprint density at radius 3 is 2.47 bits per heavy atom. The quantitative estimate of drug-likeness (QED) is 0.715. The molecular weight excluding hydrogens is 276 g/mol. The maximum atomic E-state index is 6.07. The molecule has 2 heteroatoms. The highest BCUT2D eigenvalue weighted by Gasteiger charge is 2.16. The van der Waals surface area contributed by atoms with Crippen LogP contribution in [0.15, 0.2) is 30.3 Å². The minimum absolute atomic E-state index is 0.207. The summed E-state index contributed by atoms with van der Waals surface area (Å²) in [5.74, 6) is 0.786. The summed E-state index contributed by atoms with van der Waals surface area (Å²) in [6.45, 7) is 0.922. The zero-order chi connectivity index (χ0) is 11.9. The van der Waals surface area contributed by atoms with Gasteiger partial charge in [0, 0.05) is 5.33 Å². The van der Waals surface area contributed by atoms with E-state index in [4.69, 9.17) is 4.74 Å². The number of alkyl halides is 1. The summed E-state index contributed by atoms with van der Waals surface area (Å²) in [4.78, 5) is 0. The van der Waals surface area contributed by atoms with E-state index in [1.54, 1.807) is 0 Å². The molecule has 94 valence electrons. The van der Waals surface area contributed by atoms with E-state index >= 15 is 0 Å². The second-order valence-corrected chi connectivity index (χ2v) is 5.54. The second-order valence-electron chi connectivity index (χ2n) is 4.89. The Morgan fingerprint density at radius 2 is 1.82 bits per heavy atom. The molecule has 1 atom stereocenters. The summed E-state index contributed by atoms with van der Waals surface area (Å²) < 4.78 is 6.07. The summed E-state index contributed by atoms with van der Waals surface area (Å²) in [5, 5.41) is 0.879. The van der Waals surface area contributed by atoms with Crippen LogP contribution in [0.4, 0.5) is 0 Å². The van der Waals surface area contributed by atoms with Crippen molar-refractivity contribution in [2.24, 2.45) is 5.92 Å². The van der Waals surface area contributed by atoms with Crippen molar-refractivity contribution in [3.63, 3.8) is 0 Å². The van der Waals surface area contributed by atoms with E-state index in [2.05, 4.69) is 46.3 Å². The fourth-order valence-corrected chi connectivity index (χ4v) is 3.06. The van der Waals surface area contributed by atoms with Crippen LogP contribution in [0.25, 0.3) is 0 Å². The standard InChI is InChI=1S/C15H21BrO/c16-11-15(14-9-5-2-6-10-14)17-12-13-7-3-1-4-8-13/h2,5-6,9-10,13,15H,1,3-4,7-8,11-12H2. The molecule has 1 aromatic rings. The van der Waals surface area contributed by atoms with Crippen LogP contribution < -0.4 is 0 Å². The van der Waals surface area contributed by atoms with Crippen molar-refractivity contribution in [2.75, 3.05) is 11.9 Å². The van der Waals surface area contributed by atoms with Gasteiger partial charge in [-0.05, 0) is 24.3 Å². The monoisotopic (exact) mass is 296 g/mol. The molecule has 17 heavy (non-hydrogen) atoms. The highest BCUT2D eigenvalue weighted by atomic mass is 79.9. The summed E-state index contributed by atoms with van der Waals surface area (Å²) in [6, 6.07) is 10.5. The third kappa shape index (κ3) is 4.11. The fourth-order valence-electron chi connectivity index (χ4n) is 2.50. The van der Waals surface area contributed by atoms with Crippen molar-refractivity contribution in [3.05, 3.63) is 35.9 Å². The third-order valence-corrected chi connectivity index (χ3v) is 4.16. The molecule has 0 radical (unpaired) electrons. The average Bonchev–Trinajstić information content (AvgIpc) is 2.42. The van der Waals surface area contributed by atoms with Gasteiger partial charge in [0.25, 0.3) is 0 Å². The minimum atomic E-state index is 0.207. The first kappa shape index (κ1) is 13.1. The van der Waals surface area contributed by atoms with E-state index in [1.807, 2.05) is 0 Å². The van der Waals surface area contributed by atoms with Gasteiger partial charge in [-0.3, -0.25) is 0 Å². The van der Waals surface area contributed by atoms with Crippen molar-refractivity contribution in [1.29, 1.82) is 0 Å². The molecule has 1 saturated carbocycles. The molecule has 1 aliphatic carbocycles. The molecule has 0 bridgehead atoms. The van der Waals surface area contributed by atoms with E-state index in [0.717, 1.165) is 17.9 Å². The van der Waals surface area contributed by atoms with Crippen LogP contribution in [0.5, 0.6) is 0 Å². The predicted molar refractivity (Wildman–Crippen MR) is 75.5 cm³/mol. The first-order valence-electron chi connectivity index (χ1n) is 6.62. The molecule has 1 unspecified atom stereocenters. The maximum Gasteiger partial charge on any atom is 0.0921 e. The Kier molecular flexibility index (Phi) is 5.53. The summed E-state index contributed by atoms with van der Waals surface area (Å²) in [5.41, 5.74) is 1.28. The largest absolute Gasteiger partial charge is 0.372 e. The lowest BCUT2D eigenvalue weighted by Crippen LogP contribution is -2.16. The molecule has 0 heterocycles.